The van der Waals surface area contributed by atoms with Gasteiger partial charge < -0.3 is 20.9 Å². The van der Waals surface area contributed by atoms with Gasteiger partial charge in [-0.3, -0.25) is 9.59 Å². The third kappa shape index (κ3) is 4.21. The number of carbonyl (C=O) groups excluding carboxylic acids is 2. The molecule has 6 heteroatoms. The summed E-state index contributed by atoms with van der Waals surface area (Å²) in [6.07, 6.45) is 0. The summed E-state index contributed by atoms with van der Waals surface area (Å²) in [5.41, 5.74) is 6.61. The molecule has 22 heavy (non-hydrogen) atoms. The molecule has 1 aliphatic heterocycles. The lowest BCUT2D eigenvalue weighted by Gasteiger charge is -2.36. The van der Waals surface area contributed by atoms with Crippen molar-refractivity contribution < 1.29 is 9.59 Å². The minimum Gasteiger partial charge on any atom is -0.368 e. The van der Waals surface area contributed by atoms with Crippen molar-refractivity contribution in [3.05, 3.63) is 30.3 Å². The number of nitrogens with two attached hydrogens (primary N) is 1. The quantitative estimate of drug-likeness (QED) is 0.805. The average molecular weight is 304 g/mol. The first-order valence-corrected chi connectivity index (χ1v) is 7.67. The first-order valence-electron chi connectivity index (χ1n) is 7.67. The molecule has 1 atom stereocenters. The summed E-state index contributed by atoms with van der Waals surface area (Å²) in [5, 5.41) is 2.65. The molecule has 0 radical (unpaired) electrons. The van der Waals surface area contributed by atoms with E-state index >= 15 is 0 Å². The third-order valence-corrected chi connectivity index (χ3v) is 3.97. The van der Waals surface area contributed by atoms with Gasteiger partial charge in [0.2, 0.25) is 11.8 Å². The topological polar surface area (TPSA) is 78.7 Å². The SMILES string of the molecule is CC(CN)C(=O)NCC(=O)N1CCN(c2ccccc2)CC1. The van der Waals surface area contributed by atoms with Gasteiger partial charge in [0.25, 0.3) is 0 Å². The second-order valence-electron chi connectivity index (χ2n) is 5.56. The summed E-state index contributed by atoms with van der Waals surface area (Å²) in [6.45, 7) is 5.06. The minimum atomic E-state index is -0.261. The van der Waals surface area contributed by atoms with Gasteiger partial charge in [-0.05, 0) is 12.1 Å². The van der Waals surface area contributed by atoms with Crippen molar-refractivity contribution in [3.8, 4) is 0 Å². The lowest BCUT2D eigenvalue weighted by Crippen LogP contribution is -2.51. The largest absolute Gasteiger partial charge is 0.368 e. The summed E-state index contributed by atoms with van der Waals surface area (Å²) in [5.74, 6) is -0.466. The van der Waals surface area contributed by atoms with Crippen LogP contribution >= 0.6 is 0 Å². The maximum absolute atomic E-state index is 12.1. The van der Waals surface area contributed by atoms with Crippen LogP contribution in [0.3, 0.4) is 0 Å². The number of amides is 2. The fraction of sp³-hybridized carbons (Fsp3) is 0.500. The second kappa shape index (κ2) is 7.79. The normalized spacial score (nSPS) is 16.3. The Morgan fingerprint density at radius 1 is 1.18 bits per heavy atom. The van der Waals surface area contributed by atoms with E-state index in [0.717, 1.165) is 13.1 Å². The van der Waals surface area contributed by atoms with Gasteiger partial charge in [0.1, 0.15) is 0 Å². The standard InChI is InChI=1S/C16H24N4O2/c1-13(11-17)16(22)18-12-15(21)20-9-7-19(8-10-20)14-5-3-2-4-6-14/h2-6,13H,7-12,17H2,1H3,(H,18,22). The summed E-state index contributed by atoms with van der Waals surface area (Å²) in [7, 11) is 0. The monoisotopic (exact) mass is 304 g/mol. The predicted molar refractivity (Wildman–Crippen MR) is 86.5 cm³/mol. The van der Waals surface area contributed by atoms with Crippen LogP contribution in [0.1, 0.15) is 6.92 Å². The van der Waals surface area contributed by atoms with Crippen LogP contribution in [0.5, 0.6) is 0 Å². The van der Waals surface area contributed by atoms with Crippen molar-refractivity contribution in [2.45, 2.75) is 6.92 Å². The van der Waals surface area contributed by atoms with E-state index in [2.05, 4.69) is 22.3 Å². The lowest BCUT2D eigenvalue weighted by molar-refractivity contribution is -0.133. The van der Waals surface area contributed by atoms with Gasteiger partial charge in [-0.25, -0.2) is 0 Å². The number of hydrogen-bond acceptors (Lipinski definition) is 4. The van der Waals surface area contributed by atoms with Crippen LogP contribution in [0, 0.1) is 5.92 Å². The van der Waals surface area contributed by atoms with E-state index < -0.39 is 0 Å². The van der Waals surface area contributed by atoms with Crippen molar-refractivity contribution in [1.82, 2.24) is 10.2 Å². The van der Waals surface area contributed by atoms with E-state index in [0.29, 0.717) is 13.1 Å². The van der Waals surface area contributed by atoms with Crippen molar-refractivity contribution in [2.24, 2.45) is 11.7 Å². The molecule has 1 aromatic rings. The van der Waals surface area contributed by atoms with E-state index in [1.807, 2.05) is 18.2 Å². The van der Waals surface area contributed by atoms with Gasteiger partial charge in [-0.15, -0.1) is 0 Å². The van der Waals surface area contributed by atoms with E-state index in [-0.39, 0.29) is 30.8 Å². The number of benzene rings is 1. The van der Waals surface area contributed by atoms with Crippen molar-refractivity contribution in [3.63, 3.8) is 0 Å². The van der Waals surface area contributed by atoms with Crippen molar-refractivity contribution in [1.29, 1.82) is 0 Å². The summed E-state index contributed by atoms with van der Waals surface area (Å²) >= 11 is 0. The highest BCUT2D eigenvalue weighted by atomic mass is 16.2. The van der Waals surface area contributed by atoms with Crippen molar-refractivity contribution in [2.75, 3.05) is 44.2 Å². The van der Waals surface area contributed by atoms with E-state index in [4.69, 9.17) is 5.73 Å². The molecule has 0 spiro atoms. The molecule has 1 aromatic carbocycles. The average Bonchev–Trinajstić information content (AvgIpc) is 2.59. The molecule has 0 aromatic heterocycles. The number of hydrogen-bond donors (Lipinski definition) is 2. The van der Waals surface area contributed by atoms with E-state index in [1.165, 1.54) is 5.69 Å². The number of piperazine rings is 1. The Hall–Kier alpha value is -2.08. The van der Waals surface area contributed by atoms with Gasteiger partial charge >= 0.3 is 0 Å². The Labute approximate surface area is 131 Å². The molecular weight excluding hydrogens is 280 g/mol. The summed E-state index contributed by atoms with van der Waals surface area (Å²) in [4.78, 5) is 27.8. The van der Waals surface area contributed by atoms with Crippen LogP contribution < -0.4 is 16.0 Å². The summed E-state index contributed by atoms with van der Waals surface area (Å²) in [6, 6.07) is 10.2. The molecule has 0 bridgehead atoms. The maximum Gasteiger partial charge on any atom is 0.242 e. The van der Waals surface area contributed by atoms with Crippen LogP contribution in [-0.2, 0) is 9.59 Å². The van der Waals surface area contributed by atoms with Crippen molar-refractivity contribution >= 4 is 17.5 Å². The Bertz CT molecular complexity index is 498. The molecule has 2 amide bonds. The lowest BCUT2D eigenvalue weighted by atomic mass is 10.2. The van der Waals surface area contributed by atoms with Crippen LogP contribution in [0.2, 0.25) is 0 Å². The summed E-state index contributed by atoms with van der Waals surface area (Å²) < 4.78 is 0. The Morgan fingerprint density at radius 2 is 1.82 bits per heavy atom. The fourth-order valence-electron chi connectivity index (χ4n) is 2.41. The molecule has 0 saturated carbocycles. The molecule has 1 aliphatic rings. The van der Waals surface area contributed by atoms with Gasteiger partial charge in [0.05, 0.1) is 6.54 Å². The molecule has 3 N–H and O–H groups in total. The van der Waals surface area contributed by atoms with Gasteiger partial charge in [-0.1, -0.05) is 25.1 Å². The highest BCUT2D eigenvalue weighted by molar-refractivity contribution is 5.85. The smallest absolute Gasteiger partial charge is 0.242 e. The molecule has 1 heterocycles. The van der Waals surface area contributed by atoms with Crippen LogP contribution in [0.4, 0.5) is 5.69 Å². The Kier molecular flexibility index (Phi) is 5.77. The zero-order valence-electron chi connectivity index (χ0n) is 13.0. The van der Waals surface area contributed by atoms with Crippen LogP contribution in [0.15, 0.2) is 30.3 Å². The molecular formula is C16H24N4O2. The molecule has 2 rings (SSSR count). The molecule has 120 valence electrons. The van der Waals surface area contributed by atoms with E-state index in [1.54, 1.807) is 11.8 Å². The van der Waals surface area contributed by atoms with Gasteiger partial charge in [-0.2, -0.15) is 0 Å². The number of anilines is 1. The zero-order chi connectivity index (χ0) is 15.9. The zero-order valence-corrected chi connectivity index (χ0v) is 13.0. The van der Waals surface area contributed by atoms with E-state index in [9.17, 15) is 9.59 Å². The highest BCUT2D eigenvalue weighted by Crippen LogP contribution is 2.15. The number of nitrogens with zero attached hydrogens (tertiary/aromatic N) is 2. The molecule has 0 aliphatic carbocycles. The Morgan fingerprint density at radius 3 is 2.41 bits per heavy atom. The number of carbonyl (C=O) groups is 2. The first-order chi connectivity index (χ1) is 10.6. The molecule has 1 fully saturated rings. The highest BCUT2D eigenvalue weighted by Gasteiger charge is 2.22. The van der Waals surface area contributed by atoms with Crippen LogP contribution in [-0.4, -0.2) is 56.0 Å². The molecule has 1 saturated heterocycles. The second-order valence-corrected chi connectivity index (χ2v) is 5.56. The predicted octanol–water partition coefficient (Wildman–Crippen LogP) is 0.0462. The van der Waals surface area contributed by atoms with Crippen LogP contribution in [0.25, 0.3) is 0 Å². The fourth-order valence-corrected chi connectivity index (χ4v) is 2.41. The molecule has 6 nitrogen and oxygen atoms in total. The van der Waals surface area contributed by atoms with Gasteiger partial charge in [0, 0.05) is 44.3 Å². The number of rotatable bonds is 5. The third-order valence-electron chi connectivity index (χ3n) is 3.97. The Balaban J connectivity index is 1.77. The number of nitrogens with one attached hydrogen (secondary N) is 1. The molecule has 1 unspecified atom stereocenters. The van der Waals surface area contributed by atoms with Gasteiger partial charge in [0.15, 0.2) is 0 Å². The minimum absolute atomic E-state index is 0.0368. The number of para-hydroxylation sites is 1. The maximum atomic E-state index is 12.1. The first kappa shape index (κ1) is 16.3.